The van der Waals surface area contributed by atoms with Gasteiger partial charge in [-0.2, -0.15) is 0 Å². The lowest BCUT2D eigenvalue weighted by atomic mass is 9.92. The maximum Gasteiger partial charge on any atom is 0.416 e. The van der Waals surface area contributed by atoms with Crippen molar-refractivity contribution in [3.63, 3.8) is 0 Å². The molecule has 1 aliphatic rings. The molecule has 3 rings (SSSR count). The summed E-state index contributed by atoms with van der Waals surface area (Å²) >= 11 is 0. The van der Waals surface area contributed by atoms with Crippen LogP contribution in [0.1, 0.15) is 31.4 Å². The first-order valence-corrected chi connectivity index (χ1v) is 11.2. The molecule has 1 saturated heterocycles. The predicted octanol–water partition coefficient (Wildman–Crippen LogP) is 3.91. The molecule has 0 unspecified atom stereocenters. The highest BCUT2D eigenvalue weighted by molar-refractivity contribution is 5.96. The highest BCUT2D eigenvalue weighted by atomic mass is 16.6. The molecule has 176 valence electrons. The number of benzene rings is 2. The van der Waals surface area contributed by atoms with E-state index >= 15 is 0 Å². The van der Waals surface area contributed by atoms with Crippen molar-refractivity contribution in [2.45, 2.75) is 39.3 Å². The van der Waals surface area contributed by atoms with Gasteiger partial charge in [0, 0.05) is 20.0 Å². The molecule has 33 heavy (non-hydrogen) atoms. The van der Waals surface area contributed by atoms with Crippen LogP contribution in [-0.4, -0.2) is 54.5 Å². The fraction of sp³-hybridized carbons (Fsp3) is 0.423. The van der Waals surface area contributed by atoms with Gasteiger partial charge in [-0.15, -0.1) is 0 Å². The molecule has 1 fully saturated rings. The van der Waals surface area contributed by atoms with Gasteiger partial charge in [0.2, 0.25) is 11.8 Å². The largest absolute Gasteiger partial charge is 0.497 e. The van der Waals surface area contributed by atoms with Crippen LogP contribution in [0.3, 0.4) is 0 Å². The number of imide groups is 1. The minimum Gasteiger partial charge on any atom is -0.497 e. The smallest absolute Gasteiger partial charge is 0.416 e. The number of nitrogens with zero attached hydrogens (tertiary/aromatic N) is 2. The Hall–Kier alpha value is -3.35. The van der Waals surface area contributed by atoms with Gasteiger partial charge >= 0.3 is 6.09 Å². The molecule has 7 nitrogen and oxygen atoms in total. The number of amides is 3. The molecule has 2 atom stereocenters. The number of hydrogen-bond acceptors (Lipinski definition) is 5. The molecule has 7 heteroatoms. The molecule has 0 aliphatic carbocycles. The van der Waals surface area contributed by atoms with Gasteiger partial charge < -0.3 is 14.4 Å². The summed E-state index contributed by atoms with van der Waals surface area (Å²) in [5.74, 6) is -0.439. The number of carbonyl (C=O) groups is 3. The van der Waals surface area contributed by atoms with E-state index in [1.165, 1.54) is 4.90 Å². The molecule has 0 spiro atoms. The topological polar surface area (TPSA) is 76.2 Å². The molecule has 2 aromatic carbocycles. The summed E-state index contributed by atoms with van der Waals surface area (Å²) in [6.07, 6.45) is -0.297. The van der Waals surface area contributed by atoms with Gasteiger partial charge in [0.1, 0.15) is 12.4 Å². The van der Waals surface area contributed by atoms with E-state index in [9.17, 15) is 14.4 Å². The van der Waals surface area contributed by atoms with Crippen LogP contribution in [0.25, 0.3) is 0 Å². The summed E-state index contributed by atoms with van der Waals surface area (Å²) in [5.41, 5.74) is 1.90. The van der Waals surface area contributed by atoms with Crippen LogP contribution in [0.5, 0.6) is 5.75 Å². The summed E-state index contributed by atoms with van der Waals surface area (Å²) in [6.45, 7) is 4.52. The number of methoxy groups -OCH3 is 1. The Morgan fingerprint density at radius 2 is 1.76 bits per heavy atom. The maximum atomic E-state index is 13.5. The second-order valence-corrected chi connectivity index (χ2v) is 8.79. The van der Waals surface area contributed by atoms with Gasteiger partial charge in [-0.1, -0.05) is 56.3 Å². The maximum absolute atomic E-state index is 13.5. The lowest BCUT2D eigenvalue weighted by Gasteiger charge is -2.28. The fourth-order valence-corrected chi connectivity index (χ4v) is 3.98. The van der Waals surface area contributed by atoms with Gasteiger partial charge in [-0.05, 0) is 35.6 Å². The average Bonchev–Trinajstić information content (AvgIpc) is 3.20. The zero-order valence-electron chi connectivity index (χ0n) is 19.7. The van der Waals surface area contributed by atoms with Crippen molar-refractivity contribution in [2.24, 2.45) is 11.8 Å². The molecule has 0 saturated carbocycles. The molecule has 3 amide bonds. The van der Waals surface area contributed by atoms with E-state index in [2.05, 4.69) is 0 Å². The third kappa shape index (κ3) is 6.12. The Morgan fingerprint density at radius 3 is 2.36 bits per heavy atom. The van der Waals surface area contributed by atoms with Crippen molar-refractivity contribution >= 4 is 17.9 Å². The molecule has 0 aromatic heterocycles. The zero-order chi connectivity index (χ0) is 24.0. The molecule has 2 aromatic rings. The summed E-state index contributed by atoms with van der Waals surface area (Å²) in [5, 5.41) is 0. The molecular weight excluding hydrogens is 420 g/mol. The minimum absolute atomic E-state index is 0.00277. The van der Waals surface area contributed by atoms with Gasteiger partial charge in [0.05, 0.1) is 19.1 Å². The number of rotatable bonds is 9. The Bertz CT molecular complexity index is 958. The van der Waals surface area contributed by atoms with Crippen LogP contribution in [0.15, 0.2) is 54.6 Å². The van der Waals surface area contributed by atoms with Crippen LogP contribution in [-0.2, 0) is 27.3 Å². The van der Waals surface area contributed by atoms with Crippen molar-refractivity contribution in [1.29, 1.82) is 0 Å². The highest BCUT2D eigenvalue weighted by Crippen LogP contribution is 2.26. The first-order chi connectivity index (χ1) is 15.8. The number of ether oxygens (including phenoxy) is 2. The Balaban J connectivity index is 1.80. The van der Waals surface area contributed by atoms with E-state index in [0.29, 0.717) is 18.7 Å². The van der Waals surface area contributed by atoms with Crippen LogP contribution in [0.2, 0.25) is 0 Å². The van der Waals surface area contributed by atoms with Crippen molar-refractivity contribution in [2.75, 3.05) is 20.8 Å². The van der Waals surface area contributed by atoms with E-state index < -0.39 is 12.0 Å². The molecule has 0 radical (unpaired) electrons. The van der Waals surface area contributed by atoms with Gasteiger partial charge in [-0.3, -0.25) is 9.59 Å². The second-order valence-electron chi connectivity index (χ2n) is 8.79. The lowest BCUT2D eigenvalue weighted by Crippen LogP contribution is -2.46. The van der Waals surface area contributed by atoms with E-state index in [4.69, 9.17) is 9.47 Å². The van der Waals surface area contributed by atoms with E-state index in [1.807, 2.05) is 68.4 Å². The standard InChI is InChI=1S/C26H32N2O5/c1-18(2)23-17-33-26(31)28(23)25(30)21(14-19-10-12-22(32-4)13-11-19)15-24(29)27(3)16-20-8-6-5-7-9-20/h5-13,18,21,23H,14-17H2,1-4H3/t21-,23-/m1/s1. The summed E-state index contributed by atoms with van der Waals surface area (Å²) < 4.78 is 10.4. The molecule has 1 aliphatic heterocycles. The van der Waals surface area contributed by atoms with Gasteiger partial charge in [0.15, 0.2) is 0 Å². The van der Waals surface area contributed by atoms with Gasteiger partial charge in [-0.25, -0.2) is 9.69 Å². The summed E-state index contributed by atoms with van der Waals surface area (Å²) in [6, 6.07) is 16.7. The van der Waals surface area contributed by atoms with Crippen molar-refractivity contribution in [1.82, 2.24) is 9.80 Å². The van der Waals surface area contributed by atoms with E-state index in [1.54, 1.807) is 19.1 Å². The van der Waals surface area contributed by atoms with Crippen LogP contribution in [0, 0.1) is 11.8 Å². The number of carbonyl (C=O) groups excluding carboxylic acids is 3. The second kappa shape index (κ2) is 11.0. The van der Waals surface area contributed by atoms with E-state index in [0.717, 1.165) is 11.1 Å². The third-order valence-electron chi connectivity index (χ3n) is 6.01. The fourth-order valence-electron chi connectivity index (χ4n) is 3.98. The van der Waals surface area contributed by atoms with Crippen molar-refractivity contribution in [3.05, 3.63) is 65.7 Å². The van der Waals surface area contributed by atoms with Crippen LogP contribution < -0.4 is 4.74 Å². The Morgan fingerprint density at radius 1 is 1.09 bits per heavy atom. The molecule has 1 heterocycles. The van der Waals surface area contributed by atoms with Crippen LogP contribution >= 0.6 is 0 Å². The summed E-state index contributed by atoms with van der Waals surface area (Å²) in [7, 11) is 3.32. The Kier molecular flexibility index (Phi) is 8.09. The first kappa shape index (κ1) is 24.3. The predicted molar refractivity (Wildman–Crippen MR) is 125 cm³/mol. The van der Waals surface area contributed by atoms with Gasteiger partial charge in [0.25, 0.3) is 0 Å². The molecule has 0 N–H and O–H groups in total. The van der Waals surface area contributed by atoms with Crippen LogP contribution in [0.4, 0.5) is 4.79 Å². The zero-order valence-corrected chi connectivity index (χ0v) is 19.7. The first-order valence-electron chi connectivity index (χ1n) is 11.2. The third-order valence-corrected chi connectivity index (χ3v) is 6.01. The lowest BCUT2D eigenvalue weighted by molar-refractivity contribution is -0.140. The number of hydrogen-bond donors (Lipinski definition) is 0. The SMILES string of the molecule is COc1ccc(C[C@H](CC(=O)N(C)Cc2ccccc2)C(=O)N2C(=O)OC[C@@H]2C(C)C)cc1. The monoisotopic (exact) mass is 452 g/mol. The molecule has 0 bridgehead atoms. The average molecular weight is 453 g/mol. The normalized spacial score (nSPS) is 16.5. The quantitative estimate of drug-likeness (QED) is 0.577. The summed E-state index contributed by atoms with van der Waals surface area (Å²) in [4.78, 5) is 41.9. The van der Waals surface area contributed by atoms with E-state index in [-0.39, 0.29) is 36.8 Å². The van der Waals surface area contributed by atoms with Crippen molar-refractivity contribution in [3.8, 4) is 5.75 Å². The number of cyclic esters (lactones) is 1. The minimum atomic E-state index is -0.684. The van der Waals surface area contributed by atoms with Crippen molar-refractivity contribution < 1.29 is 23.9 Å². The molecular formula is C26H32N2O5. The highest BCUT2D eigenvalue weighted by Gasteiger charge is 2.42. The Labute approximate surface area is 195 Å².